The van der Waals surface area contributed by atoms with Gasteiger partial charge in [-0.15, -0.1) is 0 Å². The Morgan fingerprint density at radius 3 is 2.57 bits per heavy atom. The number of halogens is 2. The number of aromatic nitrogens is 3. The molecular weight excluding hydrogens is 386 g/mol. The van der Waals surface area contributed by atoms with Gasteiger partial charge in [-0.25, -0.2) is 13.8 Å². The highest BCUT2D eigenvalue weighted by Crippen LogP contribution is 2.27. The first kappa shape index (κ1) is 18.9. The maximum atomic E-state index is 13.5. The standard InChI is InChI=1S/C23H22F2N4O/c24-16-1-3-18-15(13-26-20(18)11-16)7-10-29-8-5-14(6-9-29)22-27-21-12-17(25)2-4-19(21)23(30)28-22/h1-4,11-14,26H,5-10H2,(H,27,28,30). The maximum absolute atomic E-state index is 13.5. The van der Waals surface area contributed by atoms with Crippen molar-refractivity contribution in [1.29, 1.82) is 0 Å². The second-order valence-corrected chi connectivity index (χ2v) is 7.98. The second-order valence-electron chi connectivity index (χ2n) is 7.98. The highest BCUT2D eigenvalue weighted by Gasteiger charge is 2.23. The monoisotopic (exact) mass is 408 g/mol. The van der Waals surface area contributed by atoms with Crippen molar-refractivity contribution >= 4 is 21.8 Å². The average molecular weight is 408 g/mol. The maximum Gasteiger partial charge on any atom is 0.258 e. The summed E-state index contributed by atoms with van der Waals surface area (Å²) in [4.78, 5) is 25.3. The molecule has 0 amide bonds. The molecule has 0 atom stereocenters. The van der Waals surface area contributed by atoms with Crippen molar-refractivity contribution in [1.82, 2.24) is 19.9 Å². The number of hydrogen-bond acceptors (Lipinski definition) is 3. The van der Waals surface area contributed by atoms with Gasteiger partial charge in [-0.2, -0.15) is 0 Å². The Kier molecular flexibility index (Phi) is 4.83. The summed E-state index contributed by atoms with van der Waals surface area (Å²) in [6.45, 7) is 2.74. The summed E-state index contributed by atoms with van der Waals surface area (Å²) in [5.41, 5.74) is 2.21. The molecule has 30 heavy (non-hydrogen) atoms. The zero-order chi connectivity index (χ0) is 20.7. The van der Waals surface area contributed by atoms with Crippen molar-refractivity contribution in [3.8, 4) is 0 Å². The van der Waals surface area contributed by atoms with E-state index >= 15 is 0 Å². The molecule has 0 spiro atoms. The van der Waals surface area contributed by atoms with E-state index in [1.54, 1.807) is 0 Å². The lowest BCUT2D eigenvalue weighted by molar-refractivity contribution is 0.211. The summed E-state index contributed by atoms with van der Waals surface area (Å²) in [6, 6.07) is 8.91. The molecule has 0 bridgehead atoms. The molecule has 0 aliphatic carbocycles. The smallest absolute Gasteiger partial charge is 0.258 e. The first-order chi connectivity index (χ1) is 14.6. The van der Waals surface area contributed by atoms with Crippen LogP contribution in [0.4, 0.5) is 8.78 Å². The van der Waals surface area contributed by atoms with Gasteiger partial charge in [-0.1, -0.05) is 0 Å². The minimum Gasteiger partial charge on any atom is -0.361 e. The Hall–Kier alpha value is -3.06. The average Bonchev–Trinajstić information content (AvgIpc) is 3.14. The molecular formula is C23H22F2N4O. The van der Waals surface area contributed by atoms with Gasteiger partial charge in [0.25, 0.3) is 5.56 Å². The molecule has 154 valence electrons. The predicted molar refractivity (Wildman–Crippen MR) is 113 cm³/mol. The first-order valence-electron chi connectivity index (χ1n) is 10.2. The van der Waals surface area contributed by atoms with E-state index in [1.165, 1.54) is 35.9 Å². The van der Waals surface area contributed by atoms with Gasteiger partial charge in [-0.05, 0) is 68.2 Å². The van der Waals surface area contributed by atoms with E-state index in [0.29, 0.717) is 16.7 Å². The van der Waals surface area contributed by atoms with Gasteiger partial charge in [0.2, 0.25) is 0 Å². The van der Waals surface area contributed by atoms with Crippen LogP contribution < -0.4 is 5.56 Å². The lowest BCUT2D eigenvalue weighted by atomic mass is 9.95. The molecule has 0 unspecified atom stereocenters. The quantitative estimate of drug-likeness (QED) is 0.534. The molecule has 0 saturated carbocycles. The number of piperidine rings is 1. The molecule has 7 heteroatoms. The van der Waals surface area contributed by atoms with E-state index in [-0.39, 0.29) is 23.1 Å². The molecule has 2 N–H and O–H groups in total. The van der Waals surface area contributed by atoms with E-state index in [2.05, 4.69) is 19.9 Å². The Bertz CT molecular complexity index is 1270. The van der Waals surface area contributed by atoms with Crippen LogP contribution in [0.2, 0.25) is 0 Å². The van der Waals surface area contributed by atoms with Crippen molar-refractivity contribution in [2.75, 3.05) is 19.6 Å². The molecule has 2 aromatic carbocycles. The Morgan fingerprint density at radius 2 is 1.77 bits per heavy atom. The van der Waals surface area contributed by atoms with Crippen LogP contribution >= 0.6 is 0 Å². The van der Waals surface area contributed by atoms with Gasteiger partial charge < -0.3 is 14.9 Å². The molecule has 1 aliphatic heterocycles. The number of benzene rings is 2. The summed E-state index contributed by atoms with van der Waals surface area (Å²) >= 11 is 0. The summed E-state index contributed by atoms with van der Waals surface area (Å²) in [5, 5.41) is 1.48. The largest absolute Gasteiger partial charge is 0.361 e. The zero-order valence-electron chi connectivity index (χ0n) is 16.4. The van der Waals surface area contributed by atoms with Gasteiger partial charge in [0.1, 0.15) is 17.5 Å². The minimum absolute atomic E-state index is 0.165. The van der Waals surface area contributed by atoms with Gasteiger partial charge in [-0.3, -0.25) is 4.79 Å². The third kappa shape index (κ3) is 3.61. The van der Waals surface area contributed by atoms with Crippen molar-refractivity contribution in [3.63, 3.8) is 0 Å². The van der Waals surface area contributed by atoms with E-state index in [0.717, 1.165) is 49.8 Å². The van der Waals surface area contributed by atoms with Crippen LogP contribution in [-0.2, 0) is 6.42 Å². The molecule has 1 fully saturated rings. The second kappa shape index (κ2) is 7.65. The molecule has 1 saturated heterocycles. The Balaban J connectivity index is 1.24. The molecule has 3 heterocycles. The highest BCUT2D eigenvalue weighted by atomic mass is 19.1. The first-order valence-corrected chi connectivity index (χ1v) is 10.2. The predicted octanol–water partition coefficient (Wildman–Crippen LogP) is 4.10. The topological polar surface area (TPSA) is 64.8 Å². The van der Waals surface area contributed by atoms with Gasteiger partial charge in [0.15, 0.2) is 0 Å². The molecule has 5 rings (SSSR count). The van der Waals surface area contributed by atoms with E-state index < -0.39 is 0 Å². The normalized spacial score (nSPS) is 15.9. The number of nitrogens with zero attached hydrogens (tertiary/aromatic N) is 2. The number of H-pyrrole nitrogens is 2. The van der Waals surface area contributed by atoms with Crippen LogP contribution in [0.5, 0.6) is 0 Å². The molecule has 0 radical (unpaired) electrons. The van der Waals surface area contributed by atoms with Gasteiger partial charge in [0.05, 0.1) is 10.9 Å². The highest BCUT2D eigenvalue weighted by molar-refractivity contribution is 5.83. The molecule has 1 aliphatic rings. The van der Waals surface area contributed by atoms with Crippen LogP contribution in [0.15, 0.2) is 47.4 Å². The number of hydrogen-bond donors (Lipinski definition) is 2. The number of aromatic amines is 2. The zero-order valence-corrected chi connectivity index (χ0v) is 16.4. The van der Waals surface area contributed by atoms with Crippen molar-refractivity contribution in [2.45, 2.75) is 25.2 Å². The van der Waals surface area contributed by atoms with E-state index in [9.17, 15) is 13.6 Å². The number of rotatable bonds is 4. The Morgan fingerprint density at radius 1 is 1.03 bits per heavy atom. The van der Waals surface area contributed by atoms with E-state index in [4.69, 9.17) is 0 Å². The van der Waals surface area contributed by atoms with Gasteiger partial charge >= 0.3 is 0 Å². The van der Waals surface area contributed by atoms with E-state index in [1.807, 2.05) is 12.3 Å². The molecule has 2 aromatic heterocycles. The summed E-state index contributed by atoms with van der Waals surface area (Å²) in [6.07, 6.45) is 4.63. The summed E-state index contributed by atoms with van der Waals surface area (Å²) < 4.78 is 26.9. The van der Waals surface area contributed by atoms with Crippen LogP contribution in [0, 0.1) is 11.6 Å². The SMILES string of the molecule is O=c1[nH]c(C2CCN(CCc3c[nH]c4cc(F)ccc34)CC2)nc2cc(F)ccc12. The summed E-state index contributed by atoms with van der Waals surface area (Å²) in [5.74, 6) is 0.191. The van der Waals surface area contributed by atoms with Crippen LogP contribution in [0.25, 0.3) is 21.8 Å². The van der Waals surface area contributed by atoms with Crippen LogP contribution in [0.3, 0.4) is 0 Å². The lowest BCUT2D eigenvalue weighted by Crippen LogP contribution is -2.35. The van der Waals surface area contributed by atoms with Crippen molar-refractivity contribution in [3.05, 3.63) is 76.0 Å². The van der Waals surface area contributed by atoms with Crippen LogP contribution in [-0.4, -0.2) is 39.5 Å². The minimum atomic E-state index is -0.388. The third-order valence-electron chi connectivity index (χ3n) is 6.09. The molecule has 4 aromatic rings. The fourth-order valence-corrected chi connectivity index (χ4v) is 4.40. The van der Waals surface area contributed by atoms with Crippen LogP contribution in [0.1, 0.15) is 30.1 Å². The van der Waals surface area contributed by atoms with Gasteiger partial charge in [0, 0.05) is 35.6 Å². The fraction of sp³-hybridized carbons (Fsp3) is 0.304. The van der Waals surface area contributed by atoms with Crippen molar-refractivity contribution < 1.29 is 8.78 Å². The number of likely N-dealkylation sites (tertiary alicyclic amines) is 1. The Labute approximate surface area is 171 Å². The fourth-order valence-electron chi connectivity index (χ4n) is 4.40. The number of nitrogens with one attached hydrogen (secondary N) is 2. The lowest BCUT2D eigenvalue weighted by Gasteiger charge is -2.31. The van der Waals surface area contributed by atoms with Crippen molar-refractivity contribution in [2.24, 2.45) is 0 Å². The summed E-state index contributed by atoms with van der Waals surface area (Å²) in [7, 11) is 0. The molecule has 5 nitrogen and oxygen atoms in total. The number of fused-ring (bicyclic) bond motifs is 2. The third-order valence-corrected chi connectivity index (χ3v) is 6.09.